The summed E-state index contributed by atoms with van der Waals surface area (Å²) < 4.78 is 26.4. The van der Waals surface area contributed by atoms with Crippen LogP contribution in [0.2, 0.25) is 5.02 Å². The Hall–Kier alpha value is -3.69. The van der Waals surface area contributed by atoms with E-state index in [1.54, 1.807) is 0 Å². The van der Waals surface area contributed by atoms with Gasteiger partial charge in [0, 0.05) is 10.0 Å². The second-order valence-corrected chi connectivity index (χ2v) is 8.58. The van der Waals surface area contributed by atoms with E-state index in [1.807, 2.05) is 24.3 Å². The molecule has 1 heterocycles. The van der Waals surface area contributed by atoms with Crippen LogP contribution in [0.4, 0.5) is 14.9 Å². The van der Waals surface area contributed by atoms with Crippen molar-refractivity contribution in [3.05, 3.63) is 92.7 Å². The predicted molar refractivity (Wildman–Crippen MR) is 132 cm³/mol. The monoisotopic (exact) mass is 558 g/mol. The van der Waals surface area contributed by atoms with Crippen molar-refractivity contribution in [1.82, 2.24) is 5.32 Å². The number of rotatable bonds is 6. The number of methoxy groups -OCH3 is 1. The van der Waals surface area contributed by atoms with Gasteiger partial charge in [-0.2, -0.15) is 0 Å². The van der Waals surface area contributed by atoms with Crippen molar-refractivity contribution in [2.24, 2.45) is 0 Å². The SMILES string of the molecule is COc1cc(/C=C2/C(=O)NC(=O)N(c3ccccc3F)C2=O)cc(Cl)c1OCc1ccccc1Br. The Morgan fingerprint density at radius 1 is 1.09 bits per heavy atom. The number of hydrogen-bond donors (Lipinski definition) is 1. The summed E-state index contributed by atoms with van der Waals surface area (Å²) >= 11 is 9.89. The summed E-state index contributed by atoms with van der Waals surface area (Å²) in [7, 11) is 1.42. The second-order valence-electron chi connectivity index (χ2n) is 7.32. The van der Waals surface area contributed by atoms with Crippen LogP contribution in [0.15, 0.2) is 70.7 Å². The summed E-state index contributed by atoms with van der Waals surface area (Å²) in [5.74, 6) is -2.15. The van der Waals surface area contributed by atoms with Crippen molar-refractivity contribution in [1.29, 1.82) is 0 Å². The van der Waals surface area contributed by atoms with E-state index >= 15 is 0 Å². The van der Waals surface area contributed by atoms with Crippen LogP contribution in [-0.2, 0) is 16.2 Å². The number of imide groups is 2. The minimum Gasteiger partial charge on any atom is -0.493 e. The molecule has 1 aliphatic rings. The second kappa shape index (κ2) is 10.3. The molecule has 3 aromatic rings. The molecular formula is C25H17BrClFN2O5. The Balaban J connectivity index is 1.66. The molecule has 1 N–H and O–H groups in total. The fourth-order valence-electron chi connectivity index (χ4n) is 3.40. The van der Waals surface area contributed by atoms with Crippen molar-refractivity contribution in [2.75, 3.05) is 12.0 Å². The van der Waals surface area contributed by atoms with Crippen LogP contribution in [0, 0.1) is 5.82 Å². The van der Waals surface area contributed by atoms with Crippen molar-refractivity contribution >= 4 is 57.1 Å². The Morgan fingerprint density at radius 3 is 2.51 bits per heavy atom. The average Bonchev–Trinajstić information content (AvgIpc) is 2.83. The molecule has 0 radical (unpaired) electrons. The maximum Gasteiger partial charge on any atom is 0.336 e. The van der Waals surface area contributed by atoms with E-state index in [0.29, 0.717) is 10.5 Å². The summed E-state index contributed by atoms with van der Waals surface area (Å²) in [6.45, 7) is 0.207. The fourth-order valence-corrected chi connectivity index (χ4v) is 4.08. The third-order valence-corrected chi connectivity index (χ3v) is 6.14. The lowest BCUT2D eigenvalue weighted by molar-refractivity contribution is -0.122. The van der Waals surface area contributed by atoms with Gasteiger partial charge in [0.25, 0.3) is 11.8 Å². The fraction of sp³-hybridized carbons (Fsp3) is 0.0800. The van der Waals surface area contributed by atoms with Gasteiger partial charge in [0.05, 0.1) is 17.8 Å². The zero-order chi connectivity index (χ0) is 25.1. The molecule has 0 atom stereocenters. The number of halogens is 3. The quantitative estimate of drug-likeness (QED) is 0.319. The first-order valence-corrected chi connectivity index (χ1v) is 11.4. The van der Waals surface area contributed by atoms with E-state index < -0.39 is 23.7 Å². The minimum atomic E-state index is -1.05. The number of para-hydroxylation sites is 1. The molecule has 35 heavy (non-hydrogen) atoms. The van der Waals surface area contributed by atoms with Crippen LogP contribution in [0.5, 0.6) is 11.5 Å². The third kappa shape index (κ3) is 5.06. The lowest BCUT2D eigenvalue weighted by Crippen LogP contribution is -2.54. The normalized spacial score (nSPS) is 14.8. The maximum absolute atomic E-state index is 14.3. The number of nitrogens with zero attached hydrogens (tertiary/aromatic N) is 1. The molecule has 1 fully saturated rings. The van der Waals surface area contributed by atoms with Gasteiger partial charge in [-0.3, -0.25) is 14.9 Å². The molecule has 4 amide bonds. The Morgan fingerprint density at radius 2 is 1.80 bits per heavy atom. The molecule has 4 rings (SSSR count). The van der Waals surface area contributed by atoms with E-state index in [-0.39, 0.29) is 34.4 Å². The third-order valence-electron chi connectivity index (χ3n) is 5.09. The number of carbonyl (C=O) groups is 3. The van der Waals surface area contributed by atoms with E-state index in [0.717, 1.165) is 16.1 Å². The van der Waals surface area contributed by atoms with Crippen molar-refractivity contribution in [3.8, 4) is 11.5 Å². The molecule has 0 unspecified atom stereocenters. The number of carbonyl (C=O) groups excluding carboxylic acids is 3. The Kier molecular flexibility index (Phi) is 7.18. The van der Waals surface area contributed by atoms with Gasteiger partial charge in [-0.1, -0.05) is 57.9 Å². The standard InChI is InChI=1S/C25H17BrClFN2O5/c1-34-21-12-14(11-18(27)22(21)35-13-15-6-2-3-7-17(15)26)10-16-23(31)29-25(33)30(24(16)32)20-9-5-4-8-19(20)28/h2-12H,13H2,1H3,(H,29,31,33)/b16-10-. The number of anilines is 1. The summed E-state index contributed by atoms with van der Waals surface area (Å²) in [4.78, 5) is 38.3. The van der Waals surface area contributed by atoms with Crippen LogP contribution >= 0.6 is 27.5 Å². The van der Waals surface area contributed by atoms with E-state index in [4.69, 9.17) is 21.1 Å². The molecule has 0 bridgehead atoms. The highest BCUT2D eigenvalue weighted by Crippen LogP contribution is 2.38. The molecule has 7 nitrogen and oxygen atoms in total. The molecule has 0 aliphatic carbocycles. The van der Waals surface area contributed by atoms with Gasteiger partial charge < -0.3 is 9.47 Å². The molecule has 3 aromatic carbocycles. The highest BCUT2D eigenvalue weighted by atomic mass is 79.9. The molecule has 1 aliphatic heterocycles. The smallest absolute Gasteiger partial charge is 0.336 e. The number of benzene rings is 3. The topological polar surface area (TPSA) is 84.9 Å². The Labute approximate surface area is 213 Å². The summed E-state index contributed by atoms with van der Waals surface area (Å²) in [5, 5.41) is 2.23. The lowest BCUT2D eigenvalue weighted by Gasteiger charge is -2.26. The lowest BCUT2D eigenvalue weighted by atomic mass is 10.1. The Bertz CT molecular complexity index is 1380. The molecule has 0 saturated carbocycles. The van der Waals surface area contributed by atoms with Crippen LogP contribution in [0.25, 0.3) is 6.08 Å². The zero-order valence-corrected chi connectivity index (χ0v) is 20.5. The molecule has 10 heteroatoms. The van der Waals surface area contributed by atoms with Crippen LogP contribution in [-0.4, -0.2) is 25.0 Å². The number of urea groups is 1. The molecule has 178 valence electrons. The molecular weight excluding hydrogens is 543 g/mol. The first kappa shape index (κ1) is 24.4. The first-order valence-electron chi connectivity index (χ1n) is 10.2. The molecule has 1 saturated heterocycles. The summed E-state index contributed by atoms with van der Waals surface area (Å²) in [5.41, 5.74) is 0.563. The molecule has 0 aromatic heterocycles. The summed E-state index contributed by atoms with van der Waals surface area (Å²) in [6.07, 6.45) is 1.24. The van der Waals surface area contributed by atoms with Crippen LogP contribution < -0.4 is 19.7 Å². The van der Waals surface area contributed by atoms with Gasteiger partial charge in [0.2, 0.25) is 0 Å². The van der Waals surface area contributed by atoms with Gasteiger partial charge in [0.15, 0.2) is 11.5 Å². The average molecular weight is 560 g/mol. The highest BCUT2D eigenvalue weighted by molar-refractivity contribution is 9.10. The summed E-state index contributed by atoms with van der Waals surface area (Å²) in [6, 6.07) is 14.7. The number of ether oxygens (including phenoxy) is 2. The number of hydrogen-bond acceptors (Lipinski definition) is 5. The van der Waals surface area contributed by atoms with Gasteiger partial charge >= 0.3 is 6.03 Å². The van der Waals surface area contributed by atoms with Gasteiger partial charge in [-0.15, -0.1) is 0 Å². The van der Waals surface area contributed by atoms with E-state index in [1.165, 1.54) is 43.5 Å². The van der Waals surface area contributed by atoms with E-state index in [9.17, 15) is 18.8 Å². The van der Waals surface area contributed by atoms with Crippen LogP contribution in [0.1, 0.15) is 11.1 Å². The number of amides is 4. The minimum absolute atomic E-state index is 0.175. The number of barbiturate groups is 1. The number of nitrogens with one attached hydrogen (secondary N) is 1. The van der Waals surface area contributed by atoms with Gasteiger partial charge in [-0.05, 0) is 42.0 Å². The van der Waals surface area contributed by atoms with Crippen molar-refractivity contribution in [3.63, 3.8) is 0 Å². The maximum atomic E-state index is 14.3. The van der Waals surface area contributed by atoms with E-state index in [2.05, 4.69) is 21.2 Å². The zero-order valence-electron chi connectivity index (χ0n) is 18.2. The molecule has 0 spiro atoms. The first-order chi connectivity index (χ1) is 16.8. The largest absolute Gasteiger partial charge is 0.493 e. The van der Waals surface area contributed by atoms with Crippen molar-refractivity contribution < 1.29 is 28.2 Å². The highest BCUT2D eigenvalue weighted by Gasteiger charge is 2.38. The predicted octanol–water partition coefficient (Wildman–Crippen LogP) is 5.50. The van der Waals surface area contributed by atoms with Crippen LogP contribution in [0.3, 0.4) is 0 Å². The van der Waals surface area contributed by atoms with Gasteiger partial charge in [0.1, 0.15) is 18.0 Å². The van der Waals surface area contributed by atoms with Crippen molar-refractivity contribution in [2.45, 2.75) is 6.61 Å². The van der Waals surface area contributed by atoms with Gasteiger partial charge in [-0.25, -0.2) is 14.1 Å².